The SMILES string of the molecule is Cc1ccc(-c2n[nH]c3c2C(c2ccc([N+](=O)[O-])cc2)N(Cc2ccco2)C3=O)cc1. The minimum atomic E-state index is -0.455. The molecule has 2 aromatic carbocycles. The summed E-state index contributed by atoms with van der Waals surface area (Å²) < 4.78 is 5.47. The molecule has 4 aromatic rings. The maximum atomic E-state index is 13.3. The molecule has 1 unspecified atom stereocenters. The summed E-state index contributed by atoms with van der Waals surface area (Å²) in [6.45, 7) is 2.27. The van der Waals surface area contributed by atoms with Gasteiger partial charge in [-0.3, -0.25) is 20.0 Å². The normalized spacial score (nSPS) is 15.3. The zero-order chi connectivity index (χ0) is 21.5. The number of carbonyl (C=O) groups excluding carboxylic acids is 1. The van der Waals surface area contributed by atoms with Crippen LogP contribution in [-0.4, -0.2) is 25.9 Å². The average Bonchev–Trinajstić information content (AvgIpc) is 3.49. The standard InChI is InChI=1S/C23H18N4O4/c1-14-4-6-15(7-5-14)20-19-21(25-24-20)23(28)26(13-18-3-2-12-31-18)22(19)16-8-10-17(11-9-16)27(29)30/h2-12,22H,13H2,1H3,(H,24,25). The monoisotopic (exact) mass is 414 g/mol. The first kappa shape index (κ1) is 18.8. The third kappa shape index (κ3) is 3.18. The summed E-state index contributed by atoms with van der Waals surface area (Å²) in [7, 11) is 0. The summed E-state index contributed by atoms with van der Waals surface area (Å²) in [6, 6.07) is 17.3. The van der Waals surface area contributed by atoms with Crippen molar-refractivity contribution in [2.45, 2.75) is 19.5 Å². The Morgan fingerprint density at radius 1 is 1.13 bits per heavy atom. The number of hydrogen-bond acceptors (Lipinski definition) is 5. The quantitative estimate of drug-likeness (QED) is 0.379. The number of fused-ring (bicyclic) bond motifs is 1. The number of nitrogens with one attached hydrogen (secondary N) is 1. The van der Waals surface area contributed by atoms with Crippen molar-refractivity contribution in [1.29, 1.82) is 0 Å². The fourth-order valence-corrected chi connectivity index (χ4v) is 3.99. The number of nitro benzene ring substituents is 1. The van der Waals surface area contributed by atoms with Gasteiger partial charge in [-0.25, -0.2) is 0 Å². The average molecular weight is 414 g/mol. The van der Waals surface area contributed by atoms with Crippen LogP contribution in [0.3, 0.4) is 0 Å². The Kier molecular flexibility index (Phi) is 4.39. The van der Waals surface area contributed by atoms with Gasteiger partial charge in [-0.1, -0.05) is 29.8 Å². The van der Waals surface area contributed by atoms with Gasteiger partial charge >= 0.3 is 0 Å². The van der Waals surface area contributed by atoms with Crippen molar-refractivity contribution in [3.63, 3.8) is 0 Å². The number of nitro groups is 1. The molecule has 0 saturated carbocycles. The van der Waals surface area contributed by atoms with Gasteiger partial charge in [0.05, 0.1) is 29.5 Å². The van der Waals surface area contributed by atoms with Gasteiger partial charge in [0.15, 0.2) is 0 Å². The Labute approximate surface area is 177 Å². The summed E-state index contributed by atoms with van der Waals surface area (Å²) in [4.78, 5) is 25.6. The lowest BCUT2D eigenvalue weighted by atomic mass is 9.95. The van der Waals surface area contributed by atoms with Crippen LogP contribution in [0.4, 0.5) is 5.69 Å². The summed E-state index contributed by atoms with van der Waals surface area (Å²) in [5, 5.41) is 18.4. The Morgan fingerprint density at radius 2 is 1.87 bits per heavy atom. The molecule has 1 amide bonds. The van der Waals surface area contributed by atoms with Gasteiger partial charge in [0.25, 0.3) is 11.6 Å². The smallest absolute Gasteiger partial charge is 0.273 e. The van der Waals surface area contributed by atoms with E-state index in [-0.39, 0.29) is 18.1 Å². The minimum Gasteiger partial charge on any atom is -0.467 e. The highest BCUT2D eigenvalue weighted by molar-refractivity contribution is 6.00. The van der Waals surface area contributed by atoms with Crippen molar-refractivity contribution in [2.75, 3.05) is 0 Å². The number of H-pyrrole nitrogens is 1. The van der Waals surface area contributed by atoms with Gasteiger partial charge in [-0.15, -0.1) is 0 Å². The van der Waals surface area contributed by atoms with Gasteiger partial charge in [0.1, 0.15) is 11.5 Å². The van der Waals surface area contributed by atoms with Crippen molar-refractivity contribution in [3.8, 4) is 11.3 Å². The fourth-order valence-electron chi connectivity index (χ4n) is 3.99. The Bertz CT molecular complexity index is 1260. The van der Waals surface area contributed by atoms with Gasteiger partial charge in [-0.05, 0) is 36.8 Å². The molecule has 2 aromatic heterocycles. The minimum absolute atomic E-state index is 0.00293. The Hall–Kier alpha value is -4.20. The van der Waals surface area contributed by atoms with Crippen LogP contribution in [0.15, 0.2) is 71.3 Å². The van der Waals surface area contributed by atoms with E-state index in [4.69, 9.17) is 4.42 Å². The number of non-ortho nitro benzene ring substituents is 1. The number of aromatic nitrogens is 2. The first-order valence-corrected chi connectivity index (χ1v) is 9.76. The zero-order valence-electron chi connectivity index (χ0n) is 16.6. The molecule has 1 aliphatic rings. The first-order valence-electron chi connectivity index (χ1n) is 9.76. The van der Waals surface area contributed by atoms with Crippen LogP contribution in [0, 0.1) is 17.0 Å². The van der Waals surface area contributed by atoms with E-state index in [0.717, 1.165) is 22.3 Å². The number of hydrogen-bond donors (Lipinski definition) is 1. The molecule has 0 saturated heterocycles. The molecule has 8 heteroatoms. The molecule has 0 bridgehead atoms. The summed E-state index contributed by atoms with van der Waals surface area (Å²) >= 11 is 0. The fraction of sp³-hybridized carbons (Fsp3) is 0.130. The molecular weight excluding hydrogens is 396 g/mol. The number of amides is 1. The number of carbonyl (C=O) groups is 1. The Balaban J connectivity index is 1.64. The van der Waals surface area contributed by atoms with Crippen LogP contribution in [0.5, 0.6) is 0 Å². The largest absolute Gasteiger partial charge is 0.467 e. The van der Waals surface area contributed by atoms with Crippen molar-refractivity contribution in [2.24, 2.45) is 0 Å². The highest BCUT2D eigenvalue weighted by atomic mass is 16.6. The van der Waals surface area contributed by atoms with Gasteiger partial charge < -0.3 is 9.32 Å². The topological polar surface area (TPSA) is 105 Å². The van der Waals surface area contributed by atoms with Crippen LogP contribution in [-0.2, 0) is 6.54 Å². The van der Waals surface area contributed by atoms with E-state index in [1.165, 1.54) is 12.1 Å². The molecular formula is C23H18N4O4. The number of rotatable bonds is 5. The third-order valence-corrected chi connectivity index (χ3v) is 5.51. The van der Waals surface area contributed by atoms with Crippen LogP contribution in [0.1, 0.15) is 39.0 Å². The highest BCUT2D eigenvalue weighted by Crippen LogP contribution is 2.43. The summed E-state index contributed by atoms with van der Waals surface area (Å²) in [5.41, 5.74) is 4.64. The van der Waals surface area contributed by atoms with Crippen LogP contribution < -0.4 is 0 Å². The lowest BCUT2D eigenvalue weighted by molar-refractivity contribution is -0.384. The highest BCUT2D eigenvalue weighted by Gasteiger charge is 2.42. The van der Waals surface area contributed by atoms with E-state index >= 15 is 0 Å². The number of benzene rings is 2. The first-order chi connectivity index (χ1) is 15.0. The van der Waals surface area contributed by atoms with Crippen LogP contribution in [0.25, 0.3) is 11.3 Å². The molecule has 154 valence electrons. The van der Waals surface area contributed by atoms with E-state index in [0.29, 0.717) is 17.1 Å². The van der Waals surface area contributed by atoms with Crippen molar-refractivity contribution >= 4 is 11.6 Å². The van der Waals surface area contributed by atoms with Crippen molar-refractivity contribution < 1.29 is 14.1 Å². The molecule has 8 nitrogen and oxygen atoms in total. The molecule has 0 aliphatic carbocycles. The number of furan rings is 1. The predicted octanol–water partition coefficient (Wildman–Crippen LogP) is 4.63. The molecule has 5 rings (SSSR count). The maximum Gasteiger partial charge on any atom is 0.273 e. The second-order valence-electron chi connectivity index (χ2n) is 7.49. The molecule has 1 atom stereocenters. The van der Waals surface area contributed by atoms with Crippen molar-refractivity contribution in [1.82, 2.24) is 15.1 Å². The van der Waals surface area contributed by atoms with Crippen LogP contribution >= 0.6 is 0 Å². The van der Waals surface area contributed by atoms with Crippen molar-refractivity contribution in [3.05, 3.63) is 105 Å². The van der Waals surface area contributed by atoms with E-state index < -0.39 is 11.0 Å². The third-order valence-electron chi connectivity index (χ3n) is 5.51. The van der Waals surface area contributed by atoms with E-state index in [1.807, 2.05) is 37.3 Å². The molecule has 0 spiro atoms. The van der Waals surface area contributed by atoms with Crippen LogP contribution in [0.2, 0.25) is 0 Å². The van der Waals surface area contributed by atoms with Gasteiger partial charge in [-0.2, -0.15) is 5.10 Å². The maximum absolute atomic E-state index is 13.3. The Morgan fingerprint density at radius 3 is 2.52 bits per heavy atom. The van der Waals surface area contributed by atoms with Gasteiger partial charge in [0, 0.05) is 23.3 Å². The summed E-state index contributed by atoms with van der Waals surface area (Å²) in [6.07, 6.45) is 1.56. The van der Waals surface area contributed by atoms with E-state index in [9.17, 15) is 14.9 Å². The lowest BCUT2D eigenvalue weighted by Gasteiger charge is -2.25. The zero-order valence-corrected chi connectivity index (χ0v) is 16.6. The molecule has 3 heterocycles. The van der Waals surface area contributed by atoms with Gasteiger partial charge in [0.2, 0.25) is 0 Å². The molecule has 1 N–H and O–H groups in total. The van der Waals surface area contributed by atoms with E-state index in [2.05, 4.69) is 10.2 Å². The second-order valence-corrected chi connectivity index (χ2v) is 7.49. The lowest BCUT2D eigenvalue weighted by Crippen LogP contribution is -2.28. The number of nitrogens with zero attached hydrogens (tertiary/aromatic N) is 3. The summed E-state index contributed by atoms with van der Waals surface area (Å²) in [5.74, 6) is 0.455. The number of aryl methyl sites for hydroxylation is 1. The predicted molar refractivity (Wildman–Crippen MR) is 112 cm³/mol. The second kappa shape index (κ2) is 7.24. The van der Waals surface area contributed by atoms with E-state index in [1.54, 1.807) is 29.4 Å². The molecule has 1 aliphatic heterocycles. The molecule has 0 fully saturated rings. The number of aromatic amines is 1. The molecule has 0 radical (unpaired) electrons. The molecule has 31 heavy (non-hydrogen) atoms.